The van der Waals surface area contributed by atoms with Crippen molar-refractivity contribution in [2.45, 2.75) is 26.4 Å². The Kier molecular flexibility index (Phi) is 7.11. The van der Waals surface area contributed by atoms with Crippen LogP contribution in [0, 0.1) is 0 Å². The minimum atomic E-state index is -0.255. The first-order valence-electron chi connectivity index (χ1n) is 8.18. The van der Waals surface area contributed by atoms with Gasteiger partial charge in [0, 0.05) is 6.54 Å². The fourth-order valence-corrected chi connectivity index (χ4v) is 2.21. The van der Waals surface area contributed by atoms with E-state index < -0.39 is 0 Å². The van der Waals surface area contributed by atoms with Gasteiger partial charge in [-0.2, -0.15) is 0 Å². The van der Waals surface area contributed by atoms with Gasteiger partial charge < -0.3 is 20.5 Å². The van der Waals surface area contributed by atoms with Gasteiger partial charge in [0.1, 0.15) is 5.75 Å². The van der Waals surface area contributed by atoms with Crippen molar-refractivity contribution in [2.24, 2.45) is 0 Å². The third kappa shape index (κ3) is 5.59. The lowest BCUT2D eigenvalue weighted by Crippen LogP contribution is -2.30. The van der Waals surface area contributed by atoms with E-state index in [1.165, 1.54) is 0 Å². The maximum Gasteiger partial charge on any atom is 0.319 e. The van der Waals surface area contributed by atoms with Crippen LogP contribution in [0.2, 0.25) is 0 Å². The van der Waals surface area contributed by atoms with Crippen molar-refractivity contribution >= 4 is 11.7 Å². The molecule has 128 valence electrons. The second-order valence-corrected chi connectivity index (χ2v) is 5.45. The molecule has 0 heterocycles. The normalized spacial score (nSPS) is 10.2. The van der Waals surface area contributed by atoms with Gasteiger partial charge in [-0.25, -0.2) is 4.79 Å². The molecular weight excluding hydrogens is 304 g/mol. The molecule has 24 heavy (non-hydrogen) atoms. The molecule has 3 N–H and O–H groups in total. The average Bonchev–Trinajstić information content (AvgIpc) is 2.61. The summed E-state index contributed by atoms with van der Waals surface area (Å²) in [5.41, 5.74) is 2.66. The molecule has 0 bridgehead atoms. The first-order chi connectivity index (χ1) is 11.7. The molecule has 5 nitrogen and oxygen atoms in total. The number of anilines is 1. The molecule has 0 spiro atoms. The third-order valence-electron chi connectivity index (χ3n) is 3.50. The largest absolute Gasteiger partial charge is 0.491 e. The van der Waals surface area contributed by atoms with Gasteiger partial charge in [-0.1, -0.05) is 43.3 Å². The second kappa shape index (κ2) is 9.57. The Balaban J connectivity index is 1.80. The van der Waals surface area contributed by atoms with Gasteiger partial charge in [0.15, 0.2) is 0 Å². The molecule has 0 aliphatic heterocycles. The van der Waals surface area contributed by atoms with E-state index in [0.29, 0.717) is 24.6 Å². The van der Waals surface area contributed by atoms with Gasteiger partial charge in [0.05, 0.1) is 18.9 Å². The maximum absolute atomic E-state index is 12.0. The molecule has 0 aromatic heterocycles. The summed E-state index contributed by atoms with van der Waals surface area (Å²) >= 11 is 0. The summed E-state index contributed by atoms with van der Waals surface area (Å²) in [6.45, 7) is 3.22. The second-order valence-electron chi connectivity index (χ2n) is 5.45. The number of para-hydroxylation sites is 2. The average molecular weight is 328 g/mol. The zero-order valence-electron chi connectivity index (χ0n) is 13.9. The highest BCUT2D eigenvalue weighted by Gasteiger charge is 2.06. The van der Waals surface area contributed by atoms with Crippen LogP contribution >= 0.6 is 0 Å². The monoisotopic (exact) mass is 328 g/mol. The van der Waals surface area contributed by atoms with Gasteiger partial charge in [-0.05, 0) is 36.1 Å². The van der Waals surface area contributed by atoms with E-state index in [4.69, 9.17) is 9.84 Å². The number of rotatable bonds is 8. The Morgan fingerprint density at radius 3 is 2.50 bits per heavy atom. The Labute approximate surface area is 142 Å². The summed E-state index contributed by atoms with van der Waals surface area (Å²) in [5.74, 6) is 0.675. The first kappa shape index (κ1) is 17.8. The number of carbonyl (C=O) groups excluding carboxylic acids is 1. The van der Waals surface area contributed by atoms with E-state index >= 15 is 0 Å². The van der Waals surface area contributed by atoms with E-state index in [0.717, 1.165) is 24.0 Å². The predicted molar refractivity (Wildman–Crippen MR) is 95.3 cm³/mol. The summed E-state index contributed by atoms with van der Waals surface area (Å²) in [6, 6.07) is 14.8. The number of hydrogen-bond donors (Lipinski definition) is 3. The predicted octanol–water partition coefficient (Wildman–Crippen LogP) is 3.33. The number of hydrogen-bond acceptors (Lipinski definition) is 3. The number of amides is 2. The molecular formula is C19H24N2O3. The molecule has 0 aliphatic rings. The number of aliphatic hydroxyl groups is 1. The molecule has 2 rings (SSSR count). The van der Waals surface area contributed by atoms with E-state index in [9.17, 15) is 4.79 Å². The van der Waals surface area contributed by atoms with Crippen molar-refractivity contribution in [3.63, 3.8) is 0 Å². The smallest absolute Gasteiger partial charge is 0.319 e. The van der Waals surface area contributed by atoms with E-state index in [1.807, 2.05) is 55.5 Å². The van der Waals surface area contributed by atoms with Crippen molar-refractivity contribution in [3.8, 4) is 5.75 Å². The molecule has 0 aliphatic carbocycles. The molecule has 0 radical (unpaired) electrons. The number of benzene rings is 2. The van der Waals surface area contributed by atoms with Crippen LogP contribution in [0.25, 0.3) is 0 Å². The molecule has 2 aromatic rings. The highest BCUT2D eigenvalue weighted by Crippen LogP contribution is 2.23. The van der Waals surface area contributed by atoms with Crippen LogP contribution < -0.4 is 15.4 Å². The minimum Gasteiger partial charge on any atom is -0.491 e. The summed E-state index contributed by atoms with van der Waals surface area (Å²) in [4.78, 5) is 12.0. The molecule has 0 saturated heterocycles. The topological polar surface area (TPSA) is 70.6 Å². The molecule has 0 atom stereocenters. The fraction of sp³-hybridized carbons (Fsp3) is 0.316. The number of nitrogens with one attached hydrogen (secondary N) is 2. The van der Waals surface area contributed by atoms with E-state index in [1.54, 1.807) is 0 Å². The standard InChI is InChI=1S/C19H24N2O3/c1-2-13-24-18-6-4-3-5-17(18)21-19(23)20-12-11-15-7-9-16(14-22)10-8-15/h3-10,22H,2,11-14H2,1H3,(H2,20,21,23). The van der Waals surface area contributed by atoms with Crippen molar-refractivity contribution < 1.29 is 14.6 Å². The Morgan fingerprint density at radius 2 is 1.79 bits per heavy atom. The molecule has 2 aromatic carbocycles. The molecule has 0 fully saturated rings. The van der Waals surface area contributed by atoms with Crippen LogP contribution in [0.15, 0.2) is 48.5 Å². The van der Waals surface area contributed by atoms with Crippen molar-refractivity contribution in [1.82, 2.24) is 5.32 Å². The van der Waals surface area contributed by atoms with Crippen molar-refractivity contribution in [3.05, 3.63) is 59.7 Å². The van der Waals surface area contributed by atoms with E-state index in [2.05, 4.69) is 10.6 Å². The SMILES string of the molecule is CCCOc1ccccc1NC(=O)NCCc1ccc(CO)cc1. The molecule has 0 unspecified atom stereocenters. The third-order valence-corrected chi connectivity index (χ3v) is 3.50. The van der Waals surface area contributed by atoms with Crippen LogP contribution in [0.4, 0.5) is 10.5 Å². The van der Waals surface area contributed by atoms with Gasteiger partial charge >= 0.3 is 6.03 Å². The lowest BCUT2D eigenvalue weighted by atomic mass is 10.1. The van der Waals surface area contributed by atoms with Gasteiger partial charge in [0.25, 0.3) is 0 Å². The van der Waals surface area contributed by atoms with Gasteiger partial charge in [-0.3, -0.25) is 0 Å². The number of ether oxygens (including phenoxy) is 1. The van der Waals surface area contributed by atoms with Crippen LogP contribution in [-0.4, -0.2) is 24.3 Å². The Morgan fingerprint density at radius 1 is 1.08 bits per heavy atom. The maximum atomic E-state index is 12.0. The summed E-state index contributed by atoms with van der Waals surface area (Å²) in [7, 11) is 0. The Hall–Kier alpha value is -2.53. The first-order valence-corrected chi connectivity index (χ1v) is 8.18. The molecule has 5 heteroatoms. The highest BCUT2D eigenvalue weighted by atomic mass is 16.5. The van der Waals surface area contributed by atoms with Crippen LogP contribution in [0.3, 0.4) is 0 Å². The summed E-state index contributed by atoms with van der Waals surface area (Å²) < 4.78 is 5.62. The number of carbonyl (C=O) groups is 1. The lowest BCUT2D eigenvalue weighted by Gasteiger charge is -2.12. The highest BCUT2D eigenvalue weighted by molar-refractivity contribution is 5.90. The molecule has 2 amide bonds. The van der Waals surface area contributed by atoms with Gasteiger partial charge in [0.2, 0.25) is 0 Å². The minimum absolute atomic E-state index is 0.0421. The quantitative estimate of drug-likeness (QED) is 0.696. The van der Waals surface area contributed by atoms with Crippen LogP contribution in [0.5, 0.6) is 5.75 Å². The van der Waals surface area contributed by atoms with Crippen molar-refractivity contribution in [1.29, 1.82) is 0 Å². The van der Waals surface area contributed by atoms with Crippen LogP contribution in [-0.2, 0) is 13.0 Å². The fourth-order valence-electron chi connectivity index (χ4n) is 2.21. The van der Waals surface area contributed by atoms with E-state index in [-0.39, 0.29) is 12.6 Å². The van der Waals surface area contributed by atoms with Gasteiger partial charge in [-0.15, -0.1) is 0 Å². The lowest BCUT2D eigenvalue weighted by molar-refractivity contribution is 0.252. The summed E-state index contributed by atoms with van der Waals surface area (Å²) in [6.07, 6.45) is 1.64. The zero-order chi connectivity index (χ0) is 17.2. The Bertz CT molecular complexity index is 641. The summed E-state index contributed by atoms with van der Waals surface area (Å²) in [5, 5.41) is 14.7. The van der Waals surface area contributed by atoms with Crippen molar-refractivity contribution in [2.75, 3.05) is 18.5 Å². The van der Waals surface area contributed by atoms with Crippen LogP contribution in [0.1, 0.15) is 24.5 Å². The zero-order valence-corrected chi connectivity index (χ0v) is 13.9. The number of aliphatic hydroxyl groups excluding tert-OH is 1. The molecule has 0 saturated carbocycles. The number of urea groups is 1.